The molecule has 6 nitrogen and oxygen atoms in total. The lowest BCUT2D eigenvalue weighted by atomic mass is 10.2. The van der Waals surface area contributed by atoms with Crippen molar-refractivity contribution in [2.75, 3.05) is 38.9 Å². The van der Waals surface area contributed by atoms with Gasteiger partial charge in [0.15, 0.2) is 16.6 Å². The van der Waals surface area contributed by atoms with Crippen LogP contribution in [0.5, 0.6) is 11.5 Å². The smallest absolute Gasteiger partial charge is 0.231 e. The molecule has 0 aliphatic carbocycles. The van der Waals surface area contributed by atoms with Crippen LogP contribution in [0.1, 0.15) is 12.0 Å². The number of benzene rings is 1. The molecule has 138 valence electrons. The van der Waals surface area contributed by atoms with E-state index in [1.165, 1.54) is 4.90 Å². The van der Waals surface area contributed by atoms with Gasteiger partial charge in [0.25, 0.3) is 0 Å². The number of quaternary nitrogens is 1. The van der Waals surface area contributed by atoms with E-state index in [1.807, 2.05) is 30.3 Å². The fourth-order valence-electron chi connectivity index (χ4n) is 2.74. The molecule has 0 saturated carbocycles. The van der Waals surface area contributed by atoms with Gasteiger partial charge in [0.2, 0.25) is 6.79 Å². The summed E-state index contributed by atoms with van der Waals surface area (Å²) in [5.74, 6) is 1.52. The van der Waals surface area contributed by atoms with E-state index in [-0.39, 0.29) is 6.79 Å². The van der Waals surface area contributed by atoms with Crippen LogP contribution in [0.25, 0.3) is 0 Å². The highest BCUT2D eigenvalue weighted by Crippen LogP contribution is 2.35. The Morgan fingerprint density at radius 2 is 1.96 bits per heavy atom. The second kappa shape index (κ2) is 8.82. The van der Waals surface area contributed by atoms with E-state index in [0.29, 0.717) is 11.7 Å². The molecule has 3 rings (SSSR count). The summed E-state index contributed by atoms with van der Waals surface area (Å²) in [6.45, 7) is 2.87. The van der Waals surface area contributed by atoms with Gasteiger partial charge in [-0.3, -0.25) is 4.98 Å². The number of aromatic nitrogens is 1. The number of pyridine rings is 1. The molecule has 0 saturated heterocycles. The maximum absolute atomic E-state index is 5.68. The van der Waals surface area contributed by atoms with Crippen molar-refractivity contribution in [3.05, 3.63) is 48.3 Å². The Morgan fingerprint density at radius 1 is 1.19 bits per heavy atom. The Labute approximate surface area is 159 Å². The lowest BCUT2D eigenvalue weighted by Crippen LogP contribution is -3.05. The molecule has 26 heavy (non-hydrogen) atoms. The zero-order chi connectivity index (χ0) is 18.4. The Kier molecular flexibility index (Phi) is 6.25. The molecule has 0 radical (unpaired) electrons. The number of rotatable bonds is 7. The molecule has 7 heteroatoms. The van der Waals surface area contributed by atoms with Crippen molar-refractivity contribution in [1.29, 1.82) is 0 Å². The Balaban J connectivity index is 1.74. The molecule has 1 aromatic carbocycles. The van der Waals surface area contributed by atoms with Crippen molar-refractivity contribution in [1.82, 2.24) is 10.3 Å². The fourth-order valence-corrected chi connectivity index (χ4v) is 3.01. The number of thiocarbonyl (C=S) groups is 1. The van der Waals surface area contributed by atoms with Crippen LogP contribution >= 0.6 is 12.2 Å². The maximum atomic E-state index is 5.68. The van der Waals surface area contributed by atoms with Gasteiger partial charge in [0, 0.05) is 37.1 Å². The summed E-state index contributed by atoms with van der Waals surface area (Å²) in [6.07, 6.45) is 4.65. The van der Waals surface area contributed by atoms with Gasteiger partial charge in [-0.25, -0.2) is 0 Å². The molecule has 1 aliphatic rings. The summed E-state index contributed by atoms with van der Waals surface area (Å²) in [6, 6.07) is 9.90. The summed E-state index contributed by atoms with van der Waals surface area (Å²) in [7, 11) is 4.31. The zero-order valence-corrected chi connectivity index (χ0v) is 16.0. The minimum absolute atomic E-state index is 0.263. The first-order chi connectivity index (χ1) is 12.6. The molecule has 0 spiro atoms. The first kappa shape index (κ1) is 18.4. The molecule has 0 unspecified atom stereocenters. The SMILES string of the molecule is C[NH+](C)CCCNC(=S)N(Cc1ccncc1)c1ccc2c(c1)OCO2. The van der Waals surface area contributed by atoms with Gasteiger partial charge >= 0.3 is 0 Å². The van der Waals surface area contributed by atoms with Crippen LogP contribution in [0.15, 0.2) is 42.7 Å². The Bertz CT molecular complexity index is 740. The third-order valence-corrected chi connectivity index (χ3v) is 4.50. The van der Waals surface area contributed by atoms with Crippen molar-refractivity contribution in [2.45, 2.75) is 13.0 Å². The van der Waals surface area contributed by atoms with E-state index in [1.54, 1.807) is 12.4 Å². The monoisotopic (exact) mass is 373 g/mol. The number of hydrogen-bond acceptors (Lipinski definition) is 4. The maximum Gasteiger partial charge on any atom is 0.231 e. The van der Waals surface area contributed by atoms with Crippen LogP contribution in [-0.4, -0.2) is 44.1 Å². The summed E-state index contributed by atoms with van der Waals surface area (Å²) in [4.78, 5) is 7.60. The minimum atomic E-state index is 0.263. The predicted octanol–water partition coefficient (Wildman–Crippen LogP) is 1.23. The molecular weight excluding hydrogens is 348 g/mol. The molecule has 0 fully saturated rings. The van der Waals surface area contributed by atoms with Gasteiger partial charge in [-0.1, -0.05) is 0 Å². The van der Waals surface area contributed by atoms with Crippen LogP contribution in [0.2, 0.25) is 0 Å². The highest BCUT2D eigenvalue weighted by molar-refractivity contribution is 7.80. The zero-order valence-electron chi connectivity index (χ0n) is 15.2. The predicted molar refractivity (Wildman–Crippen MR) is 106 cm³/mol. The van der Waals surface area contributed by atoms with E-state index < -0.39 is 0 Å². The van der Waals surface area contributed by atoms with Gasteiger partial charge in [-0.05, 0) is 42.0 Å². The first-order valence-corrected chi connectivity index (χ1v) is 9.17. The Hall–Kier alpha value is -2.38. The number of fused-ring (bicyclic) bond motifs is 1. The molecule has 2 N–H and O–H groups in total. The number of hydrogen-bond donors (Lipinski definition) is 2. The van der Waals surface area contributed by atoms with Crippen molar-refractivity contribution in [3.63, 3.8) is 0 Å². The van der Waals surface area contributed by atoms with Gasteiger partial charge < -0.3 is 24.6 Å². The second-order valence-corrected chi connectivity index (χ2v) is 6.91. The van der Waals surface area contributed by atoms with Gasteiger partial charge in [-0.15, -0.1) is 0 Å². The first-order valence-electron chi connectivity index (χ1n) is 8.76. The minimum Gasteiger partial charge on any atom is -0.454 e. The summed E-state index contributed by atoms with van der Waals surface area (Å²) >= 11 is 5.68. The quantitative estimate of drug-likeness (QED) is 0.562. The van der Waals surface area contributed by atoms with Crippen molar-refractivity contribution in [3.8, 4) is 11.5 Å². The van der Waals surface area contributed by atoms with Gasteiger partial charge in [0.05, 0.1) is 27.2 Å². The molecule has 0 amide bonds. The summed E-state index contributed by atoms with van der Waals surface area (Å²) in [5, 5.41) is 4.08. The second-order valence-electron chi connectivity index (χ2n) is 6.52. The average molecular weight is 374 g/mol. The fraction of sp³-hybridized carbons (Fsp3) is 0.368. The van der Waals surface area contributed by atoms with Crippen LogP contribution in [0.4, 0.5) is 5.69 Å². The van der Waals surface area contributed by atoms with Crippen LogP contribution < -0.4 is 24.6 Å². The van der Waals surface area contributed by atoms with E-state index in [9.17, 15) is 0 Å². The third-order valence-electron chi connectivity index (χ3n) is 4.13. The number of nitrogens with zero attached hydrogens (tertiary/aromatic N) is 2. The van der Waals surface area contributed by atoms with Crippen LogP contribution in [-0.2, 0) is 6.54 Å². The van der Waals surface area contributed by atoms with Crippen LogP contribution in [0, 0.1) is 0 Å². The van der Waals surface area contributed by atoms with E-state index in [0.717, 1.165) is 42.3 Å². The Morgan fingerprint density at radius 3 is 2.73 bits per heavy atom. The third kappa shape index (κ3) is 4.83. The summed E-state index contributed by atoms with van der Waals surface area (Å²) in [5.41, 5.74) is 2.11. The summed E-state index contributed by atoms with van der Waals surface area (Å²) < 4.78 is 10.9. The molecule has 2 aromatic rings. The van der Waals surface area contributed by atoms with Crippen molar-refractivity contribution < 1.29 is 14.4 Å². The van der Waals surface area contributed by atoms with E-state index in [4.69, 9.17) is 21.7 Å². The average Bonchev–Trinajstić information content (AvgIpc) is 3.11. The van der Waals surface area contributed by atoms with Crippen molar-refractivity contribution >= 4 is 23.0 Å². The molecule has 0 bridgehead atoms. The number of ether oxygens (including phenoxy) is 2. The molecule has 0 atom stereocenters. The highest BCUT2D eigenvalue weighted by atomic mass is 32.1. The van der Waals surface area contributed by atoms with Gasteiger partial charge in [0.1, 0.15) is 0 Å². The molecule has 1 aliphatic heterocycles. The number of nitrogens with one attached hydrogen (secondary N) is 2. The largest absolute Gasteiger partial charge is 0.454 e. The standard InChI is InChI=1S/C19H24N4O2S/c1-22(2)11-3-8-21-19(26)23(13-15-6-9-20-10-7-15)16-4-5-17-18(12-16)25-14-24-17/h4-7,9-10,12H,3,8,11,13-14H2,1-2H3,(H,21,26)/p+1. The molecular formula is C19H25N4O2S+. The lowest BCUT2D eigenvalue weighted by molar-refractivity contribution is -0.858. The van der Waals surface area contributed by atoms with Gasteiger partial charge in [-0.2, -0.15) is 0 Å². The van der Waals surface area contributed by atoms with Crippen molar-refractivity contribution in [2.24, 2.45) is 0 Å². The normalized spacial score (nSPS) is 12.3. The lowest BCUT2D eigenvalue weighted by Gasteiger charge is -2.26. The molecule has 1 aromatic heterocycles. The topological polar surface area (TPSA) is 51.1 Å². The van der Waals surface area contributed by atoms with E-state index >= 15 is 0 Å². The van der Waals surface area contributed by atoms with E-state index in [2.05, 4.69) is 29.3 Å². The number of anilines is 1. The highest BCUT2D eigenvalue weighted by Gasteiger charge is 2.18. The van der Waals surface area contributed by atoms with Crippen LogP contribution in [0.3, 0.4) is 0 Å². The molecule has 2 heterocycles.